The number of halogens is 1. The van der Waals surface area contributed by atoms with Crippen LogP contribution in [0.1, 0.15) is 59.9 Å². The number of aromatic nitrogens is 4. The van der Waals surface area contributed by atoms with Gasteiger partial charge in [0.05, 0.1) is 39.4 Å². The van der Waals surface area contributed by atoms with Gasteiger partial charge in [0.25, 0.3) is 5.56 Å². The van der Waals surface area contributed by atoms with Crippen molar-refractivity contribution in [2.24, 2.45) is 0 Å². The number of carbonyl (C=O) groups is 1. The molecule has 48 heavy (non-hydrogen) atoms. The molecular formula is C36H32ClN7O3S. The first kappa shape index (κ1) is 31.8. The number of piperidine rings is 1. The van der Waals surface area contributed by atoms with Gasteiger partial charge in [-0.2, -0.15) is 5.26 Å². The number of aryl methyl sites for hydroxylation is 1. The minimum Gasteiger partial charge on any atom is -0.478 e. The van der Waals surface area contributed by atoms with Crippen molar-refractivity contribution in [3.8, 4) is 29.0 Å². The number of hydrogen-bond donors (Lipinski definition) is 1. The van der Waals surface area contributed by atoms with Crippen LogP contribution >= 0.6 is 22.9 Å². The number of pyridine rings is 2. The quantitative estimate of drug-likeness (QED) is 0.203. The maximum absolute atomic E-state index is 14.1. The lowest BCUT2D eigenvalue weighted by molar-refractivity contribution is 0.0699. The van der Waals surface area contributed by atoms with Gasteiger partial charge in [-0.05, 0) is 63.8 Å². The third-order valence-corrected chi connectivity index (χ3v) is 10.6. The van der Waals surface area contributed by atoms with Gasteiger partial charge in [0.1, 0.15) is 23.3 Å². The molecule has 2 aliphatic rings. The maximum Gasteiger partial charge on any atom is 0.338 e. The Morgan fingerprint density at radius 1 is 1.17 bits per heavy atom. The van der Waals surface area contributed by atoms with Gasteiger partial charge in [-0.25, -0.2) is 14.8 Å². The number of carboxylic acid groups (broad SMARTS) is 1. The first-order chi connectivity index (χ1) is 23.3. The lowest BCUT2D eigenvalue weighted by Crippen LogP contribution is -2.46. The Bertz CT molecular complexity index is 2250. The van der Waals surface area contributed by atoms with Crippen molar-refractivity contribution in [3.05, 3.63) is 79.9 Å². The molecule has 5 aromatic rings. The summed E-state index contributed by atoms with van der Waals surface area (Å²) in [7, 11) is 0. The molecule has 242 valence electrons. The fourth-order valence-electron chi connectivity index (χ4n) is 6.76. The zero-order chi connectivity index (χ0) is 33.5. The molecule has 4 aromatic heterocycles. The van der Waals surface area contributed by atoms with Crippen molar-refractivity contribution in [1.29, 1.82) is 5.26 Å². The van der Waals surface area contributed by atoms with Crippen LogP contribution in [0.3, 0.4) is 0 Å². The van der Waals surface area contributed by atoms with Crippen molar-refractivity contribution >= 4 is 55.8 Å². The Morgan fingerprint density at radius 2 is 1.96 bits per heavy atom. The minimum atomic E-state index is -1.04. The second-order valence-corrected chi connectivity index (χ2v) is 13.5. The second-order valence-electron chi connectivity index (χ2n) is 12.1. The first-order valence-corrected chi connectivity index (χ1v) is 17.2. The van der Waals surface area contributed by atoms with Crippen LogP contribution in [0, 0.1) is 30.1 Å². The van der Waals surface area contributed by atoms with Gasteiger partial charge in [0, 0.05) is 65.0 Å². The highest BCUT2D eigenvalue weighted by Crippen LogP contribution is 2.37. The number of aromatic carboxylic acids is 1. The summed E-state index contributed by atoms with van der Waals surface area (Å²) in [4.78, 5) is 44.2. The Balaban J connectivity index is 1.23. The number of hydrogen-bond acceptors (Lipinski definition) is 9. The van der Waals surface area contributed by atoms with Crippen LogP contribution in [0.25, 0.3) is 32.2 Å². The highest BCUT2D eigenvalue weighted by molar-refractivity contribution is 7.18. The summed E-state index contributed by atoms with van der Waals surface area (Å²) in [6.45, 7) is 6.59. The van der Waals surface area contributed by atoms with Crippen LogP contribution in [0.2, 0.25) is 5.02 Å². The van der Waals surface area contributed by atoms with Crippen LogP contribution in [0.15, 0.2) is 46.8 Å². The molecule has 1 saturated carbocycles. The van der Waals surface area contributed by atoms with Crippen molar-refractivity contribution in [3.63, 3.8) is 0 Å². The minimum absolute atomic E-state index is 0.0449. The molecule has 1 N–H and O–H groups in total. The number of thiophene rings is 1. The summed E-state index contributed by atoms with van der Waals surface area (Å²) in [6.07, 6.45) is 7.74. The fourth-order valence-corrected chi connectivity index (χ4v) is 7.96. The zero-order valence-electron chi connectivity index (χ0n) is 26.5. The van der Waals surface area contributed by atoms with E-state index in [1.807, 2.05) is 6.07 Å². The number of rotatable bonds is 7. The number of benzene rings is 1. The SMILES string of the molecule is CCN(c1ncc2nc(C)n(CC#Cc3ccc(Cl)cc3-c3ccnc4c(C(=O)O)csc34)c(=O)c2c1C#N)C1CCN(C2CC2)CC1. The first-order valence-electron chi connectivity index (χ1n) is 16.0. The van der Waals surface area contributed by atoms with E-state index in [1.54, 1.807) is 42.9 Å². The van der Waals surface area contributed by atoms with Gasteiger partial charge in [0.15, 0.2) is 0 Å². The van der Waals surface area contributed by atoms with E-state index in [4.69, 9.17) is 11.6 Å². The summed E-state index contributed by atoms with van der Waals surface area (Å²) < 4.78 is 2.21. The molecule has 1 aromatic carbocycles. The summed E-state index contributed by atoms with van der Waals surface area (Å²) in [5.74, 6) is 6.28. The fraction of sp³-hybridized carbons (Fsp3) is 0.333. The van der Waals surface area contributed by atoms with E-state index in [0.717, 1.165) is 43.1 Å². The van der Waals surface area contributed by atoms with E-state index in [0.29, 0.717) is 44.5 Å². The number of carboxylic acids is 1. The van der Waals surface area contributed by atoms with Gasteiger partial charge in [-0.15, -0.1) is 11.3 Å². The predicted molar refractivity (Wildman–Crippen MR) is 188 cm³/mol. The van der Waals surface area contributed by atoms with Gasteiger partial charge in [-0.3, -0.25) is 14.3 Å². The number of nitriles is 1. The number of nitrogens with zero attached hydrogens (tertiary/aromatic N) is 7. The summed E-state index contributed by atoms with van der Waals surface area (Å²) >= 11 is 7.70. The average molecular weight is 678 g/mol. The largest absolute Gasteiger partial charge is 0.478 e. The molecule has 10 nitrogen and oxygen atoms in total. The number of fused-ring (bicyclic) bond motifs is 2. The summed E-state index contributed by atoms with van der Waals surface area (Å²) in [5, 5.41) is 22.3. The Kier molecular flexibility index (Phi) is 8.61. The van der Waals surface area contributed by atoms with Crippen molar-refractivity contribution < 1.29 is 9.90 Å². The molecule has 2 fully saturated rings. The standard InChI is InChI=1S/C36H32ClN7O3S/c1-3-43(25-11-15-42(16-12-25)24-8-9-24)34-28(18-38)31-30(19-40-34)41-21(2)44(35(31)45)14-4-5-22-6-7-23(37)17-27(22)26-10-13-39-32-29(36(46)47)20-48-33(26)32/h6-7,10,13,17,19-20,24-25H,3,8-9,11-12,14-16H2,1-2H3,(H,46,47). The molecular weight excluding hydrogens is 646 g/mol. The van der Waals surface area contributed by atoms with Crippen LogP contribution in [-0.2, 0) is 6.54 Å². The lowest BCUT2D eigenvalue weighted by atomic mass is 10.00. The monoisotopic (exact) mass is 677 g/mol. The van der Waals surface area contributed by atoms with Crippen LogP contribution in [0.5, 0.6) is 0 Å². The highest BCUT2D eigenvalue weighted by atomic mass is 35.5. The van der Waals surface area contributed by atoms with E-state index >= 15 is 0 Å². The van der Waals surface area contributed by atoms with Crippen molar-refractivity contribution in [2.45, 2.75) is 58.2 Å². The smallest absolute Gasteiger partial charge is 0.338 e. The third-order valence-electron chi connectivity index (χ3n) is 9.32. The number of likely N-dealkylation sites (tertiary alicyclic amines) is 1. The normalized spacial score (nSPS) is 15.3. The molecule has 1 aliphatic heterocycles. The van der Waals surface area contributed by atoms with Gasteiger partial charge >= 0.3 is 5.97 Å². The molecule has 0 unspecified atom stereocenters. The van der Waals surface area contributed by atoms with Crippen molar-refractivity contribution in [1.82, 2.24) is 24.4 Å². The highest BCUT2D eigenvalue weighted by Gasteiger charge is 2.34. The zero-order valence-corrected chi connectivity index (χ0v) is 28.1. The molecule has 0 atom stereocenters. The average Bonchev–Trinajstić information content (AvgIpc) is 3.84. The van der Waals surface area contributed by atoms with E-state index in [-0.39, 0.29) is 34.7 Å². The Labute approximate surface area is 286 Å². The maximum atomic E-state index is 14.1. The lowest BCUT2D eigenvalue weighted by Gasteiger charge is -2.39. The molecule has 0 bridgehead atoms. The third kappa shape index (κ3) is 5.79. The Morgan fingerprint density at radius 3 is 2.67 bits per heavy atom. The molecule has 1 aliphatic carbocycles. The van der Waals surface area contributed by atoms with Crippen molar-refractivity contribution in [2.75, 3.05) is 24.5 Å². The van der Waals surface area contributed by atoms with Crippen LogP contribution < -0.4 is 10.5 Å². The molecule has 0 amide bonds. The summed E-state index contributed by atoms with van der Waals surface area (Å²) in [6, 6.07) is 10.4. The molecule has 0 spiro atoms. The van der Waals surface area contributed by atoms with E-state index in [1.165, 1.54) is 28.7 Å². The topological polar surface area (TPSA) is 128 Å². The molecule has 1 saturated heterocycles. The van der Waals surface area contributed by atoms with E-state index < -0.39 is 5.97 Å². The van der Waals surface area contributed by atoms with Gasteiger partial charge < -0.3 is 14.9 Å². The molecule has 5 heterocycles. The van der Waals surface area contributed by atoms with Gasteiger partial charge in [-0.1, -0.05) is 23.4 Å². The van der Waals surface area contributed by atoms with Crippen LogP contribution in [0.4, 0.5) is 5.82 Å². The van der Waals surface area contributed by atoms with E-state index in [9.17, 15) is 20.0 Å². The molecule has 12 heteroatoms. The van der Waals surface area contributed by atoms with E-state index in [2.05, 4.69) is 49.6 Å². The Hall–Kier alpha value is -4.81. The molecule has 7 rings (SSSR count). The predicted octanol–water partition coefficient (Wildman–Crippen LogP) is 6.10. The van der Waals surface area contributed by atoms with Crippen LogP contribution in [-0.4, -0.2) is 67.2 Å². The summed E-state index contributed by atoms with van der Waals surface area (Å²) in [5.41, 5.74) is 3.00. The molecule has 0 radical (unpaired) electrons. The second kappa shape index (κ2) is 13.0. The number of anilines is 1. The van der Waals surface area contributed by atoms with Gasteiger partial charge in [0.2, 0.25) is 0 Å².